The zero-order valence-corrected chi connectivity index (χ0v) is 9.81. The molecule has 1 N–H and O–H groups in total. The lowest BCUT2D eigenvalue weighted by atomic mass is 9.90. The summed E-state index contributed by atoms with van der Waals surface area (Å²) < 4.78 is 0. The van der Waals surface area contributed by atoms with Crippen molar-refractivity contribution in [3.63, 3.8) is 0 Å². The maximum Gasteiger partial charge on any atom is -0.00178 e. The molecule has 0 aromatic heterocycles. The topological polar surface area (TPSA) is 12.0 Å². The highest BCUT2D eigenvalue weighted by atomic mass is 14.9. The number of rotatable bonds is 6. The van der Waals surface area contributed by atoms with Gasteiger partial charge in [-0.2, -0.15) is 0 Å². The fraction of sp³-hybridized carbons (Fsp3) is 0.846. The number of allylic oxidation sites excluding steroid dienone is 1. The summed E-state index contributed by atoms with van der Waals surface area (Å²) in [7, 11) is 0. The molecule has 0 radical (unpaired) electrons. The molecule has 0 amide bonds. The average Bonchev–Trinajstić information content (AvgIpc) is 2.52. The van der Waals surface area contributed by atoms with Gasteiger partial charge in [0.2, 0.25) is 0 Å². The van der Waals surface area contributed by atoms with E-state index < -0.39 is 0 Å². The Morgan fingerprint density at radius 1 is 1.36 bits per heavy atom. The second-order valence-corrected chi connectivity index (χ2v) is 4.82. The van der Waals surface area contributed by atoms with Crippen LogP contribution >= 0.6 is 0 Å². The molecule has 0 heterocycles. The van der Waals surface area contributed by atoms with Crippen molar-refractivity contribution in [3.05, 3.63) is 12.2 Å². The molecule has 0 spiro atoms. The van der Waals surface area contributed by atoms with Gasteiger partial charge in [-0.1, -0.05) is 18.9 Å². The Kier molecular flexibility index (Phi) is 5.24. The summed E-state index contributed by atoms with van der Waals surface area (Å²) in [4.78, 5) is 0. The Labute approximate surface area is 89.0 Å². The zero-order chi connectivity index (χ0) is 10.4. The van der Waals surface area contributed by atoms with Crippen molar-refractivity contribution in [3.8, 4) is 0 Å². The summed E-state index contributed by atoms with van der Waals surface area (Å²) in [6, 6.07) is 0. The quantitative estimate of drug-likeness (QED) is 0.506. The molecule has 1 fully saturated rings. The van der Waals surface area contributed by atoms with Gasteiger partial charge in [-0.25, -0.2) is 0 Å². The lowest BCUT2D eigenvalue weighted by Gasteiger charge is -2.20. The summed E-state index contributed by atoms with van der Waals surface area (Å²) in [5.74, 6) is 1.83. The van der Waals surface area contributed by atoms with Crippen LogP contribution in [0, 0.1) is 11.8 Å². The van der Waals surface area contributed by atoms with E-state index in [0.29, 0.717) is 0 Å². The van der Waals surface area contributed by atoms with Crippen LogP contribution in [0.1, 0.15) is 46.0 Å². The van der Waals surface area contributed by atoms with Gasteiger partial charge in [-0.05, 0) is 57.5 Å². The van der Waals surface area contributed by atoms with E-state index in [-0.39, 0.29) is 0 Å². The molecule has 1 heteroatoms. The van der Waals surface area contributed by atoms with Crippen molar-refractivity contribution < 1.29 is 0 Å². The second-order valence-electron chi connectivity index (χ2n) is 4.82. The smallest absolute Gasteiger partial charge is 0.00178 e. The Balaban J connectivity index is 2.24. The monoisotopic (exact) mass is 195 g/mol. The summed E-state index contributed by atoms with van der Waals surface area (Å²) in [6.07, 6.45) is 6.77. The van der Waals surface area contributed by atoms with Gasteiger partial charge in [0.1, 0.15) is 0 Å². The van der Waals surface area contributed by atoms with Crippen molar-refractivity contribution in [2.24, 2.45) is 11.8 Å². The van der Waals surface area contributed by atoms with Crippen LogP contribution in [0.15, 0.2) is 12.2 Å². The van der Waals surface area contributed by atoms with Gasteiger partial charge in [-0.15, -0.1) is 6.58 Å². The van der Waals surface area contributed by atoms with E-state index >= 15 is 0 Å². The summed E-state index contributed by atoms with van der Waals surface area (Å²) in [5.41, 5.74) is 1.36. The Morgan fingerprint density at radius 3 is 2.71 bits per heavy atom. The second kappa shape index (κ2) is 6.23. The predicted octanol–water partition coefficient (Wildman–Crippen LogP) is 3.37. The van der Waals surface area contributed by atoms with Gasteiger partial charge in [0, 0.05) is 0 Å². The van der Waals surface area contributed by atoms with Crippen LogP contribution in [-0.2, 0) is 0 Å². The van der Waals surface area contributed by atoms with Crippen LogP contribution in [-0.4, -0.2) is 13.1 Å². The lowest BCUT2D eigenvalue weighted by molar-refractivity contribution is 0.365. The van der Waals surface area contributed by atoms with Crippen LogP contribution < -0.4 is 5.32 Å². The van der Waals surface area contributed by atoms with Crippen LogP contribution in [0.3, 0.4) is 0 Å². The summed E-state index contributed by atoms with van der Waals surface area (Å²) in [5, 5.41) is 3.55. The molecule has 1 nitrogen and oxygen atoms in total. The van der Waals surface area contributed by atoms with Crippen LogP contribution in [0.2, 0.25) is 0 Å². The number of nitrogens with one attached hydrogen (secondary N) is 1. The maximum absolute atomic E-state index is 4.03. The molecule has 0 saturated heterocycles. The molecule has 82 valence electrons. The highest BCUT2D eigenvalue weighted by Crippen LogP contribution is 2.35. The van der Waals surface area contributed by atoms with Crippen molar-refractivity contribution >= 4 is 0 Å². The minimum atomic E-state index is 0.914. The van der Waals surface area contributed by atoms with Crippen LogP contribution in [0.5, 0.6) is 0 Å². The largest absolute Gasteiger partial charge is 0.316 e. The first-order valence-corrected chi connectivity index (χ1v) is 6.09. The van der Waals surface area contributed by atoms with E-state index in [1.54, 1.807) is 0 Å². The van der Waals surface area contributed by atoms with Gasteiger partial charge in [0.15, 0.2) is 0 Å². The highest BCUT2D eigenvalue weighted by Gasteiger charge is 2.26. The molecule has 0 aromatic rings. The molecule has 14 heavy (non-hydrogen) atoms. The molecule has 2 atom stereocenters. The van der Waals surface area contributed by atoms with Crippen LogP contribution in [0.25, 0.3) is 0 Å². The van der Waals surface area contributed by atoms with E-state index in [9.17, 15) is 0 Å². The van der Waals surface area contributed by atoms with Gasteiger partial charge >= 0.3 is 0 Å². The Hall–Kier alpha value is -0.300. The van der Waals surface area contributed by atoms with Crippen molar-refractivity contribution in [2.45, 2.75) is 46.0 Å². The third-order valence-corrected chi connectivity index (χ3v) is 3.26. The highest BCUT2D eigenvalue weighted by molar-refractivity contribution is 4.94. The maximum atomic E-state index is 4.03. The molecule has 0 aliphatic heterocycles. The van der Waals surface area contributed by atoms with Crippen molar-refractivity contribution in [1.29, 1.82) is 0 Å². The first-order valence-electron chi connectivity index (χ1n) is 6.09. The molecule has 1 saturated carbocycles. The lowest BCUT2D eigenvalue weighted by Crippen LogP contribution is -2.25. The first kappa shape index (κ1) is 11.8. The standard InChI is InChI=1S/C13H25N/c1-4-8-14-10-13-7-5-6-12(13)9-11(2)3/h12-14H,2,4-10H2,1,3H3. The fourth-order valence-corrected chi connectivity index (χ4v) is 2.56. The van der Waals surface area contributed by atoms with Gasteiger partial charge in [-0.3, -0.25) is 0 Å². The molecule has 1 aliphatic carbocycles. The van der Waals surface area contributed by atoms with E-state index in [1.807, 2.05) is 0 Å². The van der Waals surface area contributed by atoms with E-state index in [4.69, 9.17) is 0 Å². The average molecular weight is 195 g/mol. The Bertz CT molecular complexity index is 174. The molecule has 1 aliphatic rings. The normalized spacial score (nSPS) is 26.7. The first-order chi connectivity index (χ1) is 6.74. The molecule has 0 bridgehead atoms. The SMILES string of the molecule is C=C(C)CC1CCCC1CNCCC. The summed E-state index contributed by atoms with van der Waals surface area (Å²) in [6.45, 7) is 10.8. The van der Waals surface area contributed by atoms with Gasteiger partial charge in [0.25, 0.3) is 0 Å². The van der Waals surface area contributed by atoms with Crippen LogP contribution in [0.4, 0.5) is 0 Å². The van der Waals surface area contributed by atoms with Crippen molar-refractivity contribution in [1.82, 2.24) is 5.32 Å². The number of hydrogen-bond acceptors (Lipinski definition) is 1. The van der Waals surface area contributed by atoms with E-state index in [2.05, 4.69) is 25.7 Å². The third-order valence-electron chi connectivity index (χ3n) is 3.26. The van der Waals surface area contributed by atoms with Crippen molar-refractivity contribution in [2.75, 3.05) is 13.1 Å². The van der Waals surface area contributed by atoms with Gasteiger partial charge < -0.3 is 5.32 Å². The third kappa shape index (κ3) is 3.83. The molecule has 2 unspecified atom stereocenters. The molecular weight excluding hydrogens is 170 g/mol. The van der Waals surface area contributed by atoms with E-state index in [0.717, 1.165) is 11.8 Å². The fourth-order valence-electron chi connectivity index (χ4n) is 2.56. The Morgan fingerprint density at radius 2 is 2.07 bits per heavy atom. The van der Waals surface area contributed by atoms with Gasteiger partial charge in [0.05, 0.1) is 0 Å². The minimum Gasteiger partial charge on any atom is -0.316 e. The molecular formula is C13H25N. The van der Waals surface area contributed by atoms with E-state index in [1.165, 1.54) is 50.8 Å². The zero-order valence-electron chi connectivity index (χ0n) is 9.81. The molecule has 0 aromatic carbocycles. The summed E-state index contributed by atoms with van der Waals surface area (Å²) >= 11 is 0. The predicted molar refractivity (Wildman–Crippen MR) is 63.4 cm³/mol. The number of hydrogen-bond donors (Lipinski definition) is 1. The minimum absolute atomic E-state index is 0.914. The molecule has 1 rings (SSSR count).